The van der Waals surface area contributed by atoms with Crippen molar-refractivity contribution in [3.63, 3.8) is 0 Å². The molecule has 130 valence electrons. The van der Waals surface area contributed by atoms with Gasteiger partial charge in [0.1, 0.15) is 10.8 Å². The Balaban J connectivity index is 2.06. The predicted molar refractivity (Wildman–Crippen MR) is 74.3 cm³/mol. The number of methoxy groups -OCH3 is 2. The fraction of sp³-hybridized carbons (Fsp3) is 0.750. The van der Waals surface area contributed by atoms with Crippen LogP contribution in [0.15, 0.2) is 0 Å². The maximum absolute atomic E-state index is 12.8. The smallest absolute Gasteiger partial charge is 0.314 e. The normalized spacial score (nSPS) is 49.4. The maximum Gasteiger partial charge on any atom is 0.314 e. The molecule has 8 atom stereocenters. The lowest BCUT2D eigenvalue weighted by Crippen LogP contribution is -2.60. The monoisotopic (exact) mass is 338 g/mol. The van der Waals surface area contributed by atoms with E-state index in [0.717, 1.165) is 14.2 Å². The van der Waals surface area contributed by atoms with Crippen LogP contribution in [-0.2, 0) is 28.7 Å². The second-order valence-electron chi connectivity index (χ2n) is 7.30. The van der Waals surface area contributed by atoms with Gasteiger partial charge in [-0.25, -0.2) is 0 Å². The molecule has 0 aromatic heterocycles. The second-order valence-corrected chi connectivity index (χ2v) is 7.30. The van der Waals surface area contributed by atoms with Crippen LogP contribution in [0.1, 0.15) is 12.8 Å². The van der Waals surface area contributed by atoms with E-state index < -0.39 is 52.5 Å². The minimum atomic E-state index is -1.64. The minimum absolute atomic E-state index is 0.259. The number of carbonyl (C=O) groups is 4. The Morgan fingerprint density at radius 2 is 1.17 bits per heavy atom. The highest BCUT2D eigenvalue weighted by Crippen LogP contribution is 2.89. The number of hydrogen-bond acceptors (Lipinski definition) is 6. The fourth-order valence-corrected chi connectivity index (χ4v) is 7.41. The Kier molecular flexibility index (Phi) is 2.75. The topological polar surface area (TPSA) is 127 Å². The molecule has 0 spiro atoms. The molecular formula is C16H18O8. The molecule has 6 bridgehead atoms. The van der Waals surface area contributed by atoms with Gasteiger partial charge in [-0.05, 0) is 36.5 Å². The largest absolute Gasteiger partial charge is 0.481 e. The molecule has 5 fully saturated rings. The molecule has 2 N–H and O–H groups in total. The Labute approximate surface area is 137 Å². The molecule has 0 aliphatic heterocycles. The minimum Gasteiger partial charge on any atom is -0.481 e. The average Bonchev–Trinajstić information content (AvgIpc) is 3.26. The Bertz CT molecular complexity index is 630. The SMILES string of the molecule is COC(=O)[C@]12[C@H]3CC[C@@H]4C3C([C@@H]1C(=O)O)[C@H](C(=O)O)[C@@]42C(=O)OC. The Hall–Kier alpha value is -2.12. The summed E-state index contributed by atoms with van der Waals surface area (Å²) in [6.45, 7) is 0. The van der Waals surface area contributed by atoms with Crippen LogP contribution in [0.5, 0.6) is 0 Å². The molecule has 5 aliphatic carbocycles. The highest BCUT2D eigenvalue weighted by atomic mass is 16.5. The first kappa shape index (κ1) is 15.4. The summed E-state index contributed by atoms with van der Waals surface area (Å²) >= 11 is 0. The van der Waals surface area contributed by atoms with Crippen LogP contribution in [-0.4, -0.2) is 48.3 Å². The number of hydrogen-bond donors (Lipinski definition) is 2. The molecule has 0 amide bonds. The van der Waals surface area contributed by atoms with Crippen molar-refractivity contribution in [2.45, 2.75) is 12.8 Å². The quantitative estimate of drug-likeness (QED) is 0.686. The van der Waals surface area contributed by atoms with Crippen LogP contribution in [0.2, 0.25) is 0 Å². The van der Waals surface area contributed by atoms with Gasteiger partial charge in [0.05, 0.1) is 26.1 Å². The zero-order valence-electron chi connectivity index (χ0n) is 13.2. The van der Waals surface area contributed by atoms with E-state index in [-0.39, 0.29) is 17.8 Å². The Morgan fingerprint density at radius 3 is 1.46 bits per heavy atom. The van der Waals surface area contributed by atoms with Crippen molar-refractivity contribution in [1.82, 2.24) is 0 Å². The van der Waals surface area contributed by atoms with Gasteiger partial charge in [-0.3, -0.25) is 19.2 Å². The van der Waals surface area contributed by atoms with Crippen molar-refractivity contribution in [2.24, 2.45) is 46.3 Å². The molecule has 8 heteroatoms. The van der Waals surface area contributed by atoms with Crippen molar-refractivity contribution in [2.75, 3.05) is 14.2 Å². The molecule has 24 heavy (non-hydrogen) atoms. The van der Waals surface area contributed by atoms with Crippen molar-refractivity contribution in [1.29, 1.82) is 0 Å². The third-order valence-corrected chi connectivity index (χ3v) is 7.35. The van der Waals surface area contributed by atoms with E-state index in [2.05, 4.69) is 0 Å². The van der Waals surface area contributed by atoms with E-state index in [9.17, 15) is 29.4 Å². The predicted octanol–water partition coefficient (Wildman–Crippen LogP) is 0.00620. The summed E-state index contributed by atoms with van der Waals surface area (Å²) in [6, 6.07) is 0. The molecule has 8 nitrogen and oxygen atoms in total. The van der Waals surface area contributed by atoms with Crippen LogP contribution in [0, 0.1) is 46.3 Å². The third-order valence-electron chi connectivity index (χ3n) is 7.35. The van der Waals surface area contributed by atoms with Crippen molar-refractivity contribution in [3.8, 4) is 0 Å². The summed E-state index contributed by atoms with van der Waals surface area (Å²) in [4.78, 5) is 49.7. The lowest BCUT2D eigenvalue weighted by molar-refractivity contribution is -0.194. The summed E-state index contributed by atoms with van der Waals surface area (Å²) in [5, 5.41) is 19.6. The van der Waals surface area contributed by atoms with Crippen LogP contribution >= 0.6 is 0 Å². The third kappa shape index (κ3) is 1.11. The number of aliphatic carboxylic acids is 2. The van der Waals surface area contributed by atoms with Crippen LogP contribution < -0.4 is 0 Å². The highest BCUT2D eigenvalue weighted by Gasteiger charge is 2.97. The Morgan fingerprint density at radius 1 is 0.792 bits per heavy atom. The number of esters is 2. The summed E-state index contributed by atoms with van der Waals surface area (Å²) in [5.74, 6) is -8.18. The van der Waals surface area contributed by atoms with Crippen LogP contribution in [0.4, 0.5) is 0 Å². The molecule has 0 heterocycles. The summed E-state index contributed by atoms with van der Waals surface area (Å²) < 4.78 is 9.86. The number of ether oxygens (including phenoxy) is 2. The number of carboxylic acid groups (broad SMARTS) is 2. The number of rotatable bonds is 4. The van der Waals surface area contributed by atoms with E-state index in [0.29, 0.717) is 12.8 Å². The van der Waals surface area contributed by atoms with Gasteiger partial charge in [0.25, 0.3) is 0 Å². The second kappa shape index (κ2) is 4.29. The zero-order chi connectivity index (χ0) is 17.6. The first-order valence-corrected chi connectivity index (χ1v) is 7.95. The summed E-state index contributed by atoms with van der Waals surface area (Å²) in [6.07, 6.45) is 1.21. The summed E-state index contributed by atoms with van der Waals surface area (Å²) in [7, 11) is 2.29. The van der Waals surface area contributed by atoms with E-state index in [4.69, 9.17) is 9.47 Å². The molecular weight excluding hydrogens is 320 g/mol. The molecule has 5 aliphatic rings. The van der Waals surface area contributed by atoms with Crippen molar-refractivity contribution < 1.29 is 38.9 Å². The molecule has 0 saturated heterocycles. The van der Waals surface area contributed by atoms with Crippen LogP contribution in [0.25, 0.3) is 0 Å². The van der Waals surface area contributed by atoms with Crippen molar-refractivity contribution >= 4 is 23.9 Å². The van der Waals surface area contributed by atoms with Gasteiger partial charge in [0, 0.05) is 0 Å². The lowest BCUT2D eigenvalue weighted by atomic mass is 9.53. The van der Waals surface area contributed by atoms with Crippen molar-refractivity contribution in [3.05, 3.63) is 0 Å². The molecule has 0 radical (unpaired) electrons. The maximum atomic E-state index is 12.8. The van der Waals surface area contributed by atoms with Gasteiger partial charge in [-0.15, -0.1) is 0 Å². The first-order chi connectivity index (χ1) is 11.3. The van der Waals surface area contributed by atoms with E-state index in [1.165, 1.54) is 0 Å². The van der Waals surface area contributed by atoms with E-state index in [1.54, 1.807) is 0 Å². The first-order valence-electron chi connectivity index (χ1n) is 7.95. The van der Waals surface area contributed by atoms with Gasteiger partial charge in [0.2, 0.25) is 0 Å². The van der Waals surface area contributed by atoms with Gasteiger partial charge >= 0.3 is 23.9 Å². The number of carbonyl (C=O) groups excluding carboxylic acids is 2. The van der Waals surface area contributed by atoms with Gasteiger partial charge < -0.3 is 19.7 Å². The molecule has 5 saturated carbocycles. The fourth-order valence-electron chi connectivity index (χ4n) is 7.41. The molecule has 2 unspecified atom stereocenters. The van der Waals surface area contributed by atoms with E-state index >= 15 is 0 Å². The lowest BCUT2D eigenvalue weighted by Gasteiger charge is -2.47. The molecule has 0 aromatic carbocycles. The van der Waals surface area contributed by atoms with E-state index in [1.807, 2.05) is 0 Å². The van der Waals surface area contributed by atoms with Gasteiger partial charge in [-0.1, -0.05) is 0 Å². The molecule has 0 aromatic rings. The van der Waals surface area contributed by atoms with Crippen LogP contribution in [0.3, 0.4) is 0 Å². The average molecular weight is 338 g/mol. The molecule has 5 rings (SSSR count). The highest BCUT2D eigenvalue weighted by molar-refractivity contribution is 6.01. The zero-order valence-corrected chi connectivity index (χ0v) is 13.2. The van der Waals surface area contributed by atoms with Gasteiger partial charge in [-0.2, -0.15) is 0 Å². The number of carboxylic acids is 2. The van der Waals surface area contributed by atoms with Gasteiger partial charge in [0.15, 0.2) is 0 Å². The standard InChI is InChI=1S/C16H18O8/c1-23-13(21)15-5-3-4-6-7(5)8(9(15)11(17)18)10(12(19)20)16(6,15)14(22)24-2/h5-10H,3-4H2,1-2H3,(H,17,18)(H,19,20)/t5-,6+,7?,8?,9-,10-,15-,16+/m1/s1. The summed E-state index contributed by atoms with van der Waals surface area (Å²) in [5.41, 5.74) is -3.27.